The summed E-state index contributed by atoms with van der Waals surface area (Å²) in [6, 6.07) is 3.86. The molecule has 2 N–H and O–H groups in total. The molecule has 1 aliphatic heterocycles. The molecule has 2 rings (SSSR count). The Hall–Kier alpha value is -0.430. The van der Waals surface area contributed by atoms with E-state index in [1.165, 1.54) is 0 Å². The van der Waals surface area contributed by atoms with E-state index in [9.17, 15) is 8.42 Å². The van der Waals surface area contributed by atoms with Gasteiger partial charge in [0, 0.05) is 4.88 Å². The normalized spacial score (nSPS) is 19.4. The molecule has 20 heavy (non-hydrogen) atoms. The Balaban J connectivity index is 2.01. The fourth-order valence-electron chi connectivity index (χ4n) is 2.59. The highest BCUT2D eigenvalue weighted by Crippen LogP contribution is 2.27. The molecule has 6 heteroatoms. The van der Waals surface area contributed by atoms with E-state index in [0.717, 1.165) is 30.8 Å². The molecular formula is C14H24N2O2S2. The first-order valence-corrected chi connectivity index (χ1v) is 9.75. The average Bonchev–Trinajstić information content (AvgIpc) is 2.90. The molecule has 1 fully saturated rings. The number of rotatable bonds is 6. The van der Waals surface area contributed by atoms with Gasteiger partial charge in [-0.25, -0.2) is 13.1 Å². The summed E-state index contributed by atoms with van der Waals surface area (Å²) in [6.45, 7) is 5.96. The summed E-state index contributed by atoms with van der Waals surface area (Å²) in [5.41, 5.74) is 0. The van der Waals surface area contributed by atoms with Crippen LogP contribution < -0.4 is 10.0 Å². The van der Waals surface area contributed by atoms with Crippen LogP contribution in [0, 0.1) is 11.8 Å². The molecule has 1 aromatic rings. The summed E-state index contributed by atoms with van der Waals surface area (Å²) in [6.07, 6.45) is 1.90. The van der Waals surface area contributed by atoms with Crippen LogP contribution in [0.3, 0.4) is 0 Å². The predicted molar refractivity (Wildman–Crippen MR) is 84.4 cm³/mol. The Morgan fingerprint density at radius 3 is 2.65 bits per heavy atom. The Morgan fingerprint density at radius 2 is 2.10 bits per heavy atom. The van der Waals surface area contributed by atoms with E-state index >= 15 is 0 Å². The van der Waals surface area contributed by atoms with Crippen molar-refractivity contribution in [2.45, 2.75) is 32.7 Å². The zero-order chi connectivity index (χ0) is 14.6. The topological polar surface area (TPSA) is 58.2 Å². The fraction of sp³-hybridized carbons (Fsp3) is 0.714. The SMILES string of the molecule is CC(C)C(NS(=O)(=O)CC1CCNCC1)c1cccs1. The number of hydrogen-bond donors (Lipinski definition) is 2. The summed E-state index contributed by atoms with van der Waals surface area (Å²) in [5, 5.41) is 5.26. The van der Waals surface area contributed by atoms with Gasteiger partial charge in [-0.1, -0.05) is 19.9 Å². The maximum absolute atomic E-state index is 12.4. The van der Waals surface area contributed by atoms with E-state index in [4.69, 9.17) is 0 Å². The predicted octanol–water partition coefficient (Wildman–Crippen LogP) is 2.36. The molecule has 0 spiro atoms. The van der Waals surface area contributed by atoms with E-state index < -0.39 is 10.0 Å². The third-order valence-corrected chi connectivity index (χ3v) is 6.22. The van der Waals surface area contributed by atoms with Crippen LogP contribution in [0.5, 0.6) is 0 Å². The second-order valence-electron chi connectivity index (χ2n) is 5.83. The van der Waals surface area contributed by atoms with E-state index in [-0.39, 0.29) is 23.6 Å². The van der Waals surface area contributed by atoms with Gasteiger partial charge in [0.1, 0.15) is 0 Å². The van der Waals surface area contributed by atoms with Crippen molar-refractivity contribution in [1.82, 2.24) is 10.0 Å². The lowest BCUT2D eigenvalue weighted by Gasteiger charge is -2.25. The van der Waals surface area contributed by atoms with Gasteiger partial charge in [-0.2, -0.15) is 0 Å². The second kappa shape index (κ2) is 7.02. The summed E-state index contributed by atoms with van der Waals surface area (Å²) < 4.78 is 27.7. The maximum atomic E-state index is 12.4. The fourth-order valence-corrected chi connectivity index (χ4v) is 5.45. The first-order chi connectivity index (χ1) is 9.48. The van der Waals surface area contributed by atoms with Crippen LogP contribution in [-0.4, -0.2) is 27.3 Å². The van der Waals surface area contributed by atoms with E-state index in [1.54, 1.807) is 11.3 Å². The van der Waals surface area contributed by atoms with Crippen molar-refractivity contribution in [3.63, 3.8) is 0 Å². The van der Waals surface area contributed by atoms with Gasteiger partial charge in [0.15, 0.2) is 0 Å². The Morgan fingerprint density at radius 1 is 1.40 bits per heavy atom. The molecule has 114 valence electrons. The second-order valence-corrected chi connectivity index (χ2v) is 8.61. The van der Waals surface area contributed by atoms with Gasteiger partial charge >= 0.3 is 0 Å². The lowest BCUT2D eigenvalue weighted by molar-refractivity contribution is 0.396. The van der Waals surface area contributed by atoms with Gasteiger partial charge in [-0.05, 0) is 49.2 Å². The van der Waals surface area contributed by atoms with Crippen LogP contribution in [-0.2, 0) is 10.0 Å². The minimum atomic E-state index is -3.22. The molecule has 2 heterocycles. The van der Waals surface area contributed by atoms with Gasteiger partial charge in [0.2, 0.25) is 10.0 Å². The quantitative estimate of drug-likeness (QED) is 0.847. The zero-order valence-corrected chi connectivity index (χ0v) is 13.8. The third-order valence-electron chi connectivity index (χ3n) is 3.74. The number of nitrogens with one attached hydrogen (secondary N) is 2. The highest BCUT2D eigenvalue weighted by molar-refractivity contribution is 7.89. The van der Waals surface area contributed by atoms with Gasteiger partial charge in [0.05, 0.1) is 11.8 Å². The van der Waals surface area contributed by atoms with Crippen LogP contribution in [0.2, 0.25) is 0 Å². The molecule has 0 saturated carbocycles. The van der Waals surface area contributed by atoms with Crippen molar-refractivity contribution in [1.29, 1.82) is 0 Å². The number of piperidine rings is 1. The van der Waals surface area contributed by atoms with Crippen molar-refractivity contribution < 1.29 is 8.42 Å². The van der Waals surface area contributed by atoms with Crippen molar-refractivity contribution in [3.8, 4) is 0 Å². The summed E-state index contributed by atoms with van der Waals surface area (Å²) in [5.74, 6) is 0.782. The first kappa shape index (κ1) is 15.9. The molecule has 1 atom stereocenters. The third kappa shape index (κ3) is 4.55. The van der Waals surface area contributed by atoms with Crippen molar-refractivity contribution in [2.24, 2.45) is 11.8 Å². The molecular weight excluding hydrogens is 292 g/mol. The standard InChI is InChI=1S/C14H24N2O2S2/c1-11(2)14(13-4-3-9-19-13)16-20(17,18)10-12-5-7-15-8-6-12/h3-4,9,11-12,14-16H,5-8,10H2,1-2H3. The maximum Gasteiger partial charge on any atom is 0.212 e. The van der Waals surface area contributed by atoms with Crippen LogP contribution in [0.4, 0.5) is 0 Å². The van der Waals surface area contributed by atoms with Crippen LogP contribution in [0.1, 0.15) is 37.6 Å². The Labute approximate surface area is 126 Å². The minimum absolute atomic E-state index is 0.110. The van der Waals surface area contributed by atoms with Crippen LogP contribution >= 0.6 is 11.3 Å². The van der Waals surface area contributed by atoms with Crippen molar-refractivity contribution in [3.05, 3.63) is 22.4 Å². The van der Waals surface area contributed by atoms with Crippen LogP contribution in [0.25, 0.3) is 0 Å². The number of thiophene rings is 1. The smallest absolute Gasteiger partial charge is 0.212 e. The largest absolute Gasteiger partial charge is 0.317 e. The van der Waals surface area contributed by atoms with Crippen LogP contribution in [0.15, 0.2) is 17.5 Å². The Kier molecular flexibility index (Phi) is 5.60. The molecule has 0 radical (unpaired) electrons. The minimum Gasteiger partial charge on any atom is -0.317 e. The molecule has 4 nitrogen and oxygen atoms in total. The number of sulfonamides is 1. The summed E-state index contributed by atoms with van der Waals surface area (Å²) in [4.78, 5) is 1.09. The molecule has 1 saturated heterocycles. The molecule has 1 aliphatic rings. The number of hydrogen-bond acceptors (Lipinski definition) is 4. The molecule has 0 aliphatic carbocycles. The Bertz CT molecular complexity index is 491. The van der Waals surface area contributed by atoms with Gasteiger partial charge < -0.3 is 5.32 Å². The van der Waals surface area contributed by atoms with Crippen molar-refractivity contribution >= 4 is 21.4 Å². The van der Waals surface area contributed by atoms with Gasteiger partial charge in [0.25, 0.3) is 0 Å². The zero-order valence-electron chi connectivity index (χ0n) is 12.1. The highest BCUT2D eigenvalue weighted by atomic mass is 32.2. The van der Waals surface area contributed by atoms with Crippen molar-refractivity contribution in [2.75, 3.05) is 18.8 Å². The highest BCUT2D eigenvalue weighted by Gasteiger charge is 2.26. The molecule has 1 aromatic heterocycles. The van der Waals surface area contributed by atoms with Gasteiger partial charge in [-0.15, -0.1) is 11.3 Å². The van der Waals surface area contributed by atoms with Gasteiger partial charge in [-0.3, -0.25) is 0 Å². The lowest BCUT2D eigenvalue weighted by Crippen LogP contribution is -2.38. The average molecular weight is 316 g/mol. The first-order valence-electron chi connectivity index (χ1n) is 7.22. The van der Waals surface area contributed by atoms with E-state index in [2.05, 4.69) is 23.9 Å². The molecule has 0 bridgehead atoms. The lowest BCUT2D eigenvalue weighted by atomic mass is 10.0. The molecule has 1 unspecified atom stereocenters. The monoisotopic (exact) mass is 316 g/mol. The summed E-state index contributed by atoms with van der Waals surface area (Å²) in [7, 11) is -3.22. The van der Waals surface area contributed by atoms with E-state index in [1.807, 2.05) is 17.5 Å². The van der Waals surface area contributed by atoms with E-state index in [0.29, 0.717) is 0 Å². The molecule has 0 amide bonds. The molecule has 0 aromatic carbocycles. The summed E-state index contributed by atoms with van der Waals surface area (Å²) >= 11 is 1.61.